The number of rotatable bonds is 6. The molecule has 24 heavy (non-hydrogen) atoms. The molecule has 1 fully saturated rings. The van der Waals surface area contributed by atoms with Crippen LogP contribution in [0.5, 0.6) is 0 Å². The topological polar surface area (TPSA) is 35.6 Å². The van der Waals surface area contributed by atoms with Gasteiger partial charge in [0.25, 0.3) is 0 Å². The average Bonchev–Trinajstić information content (AvgIpc) is 2.40. The Labute approximate surface area is 146 Å². The molecule has 0 unspecified atom stereocenters. The SMILES string of the molecule is CN(C)CCN(Cc1ccc(C(F)(F)F)cc1)C(=O)C1CNC1.Cl. The summed E-state index contributed by atoms with van der Waals surface area (Å²) in [4.78, 5) is 16.2. The van der Waals surface area contributed by atoms with Crippen molar-refractivity contribution in [2.75, 3.05) is 40.3 Å². The molecule has 1 heterocycles. The van der Waals surface area contributed by atoms with Gasteiger partial charge in [-0.25, -0.2) is 0 Å². The number of benzene rings is 1. The van der Waals surface area contributed by atoms with Gasteiger partial charge in [0.15, 0.2) is 0 Å². The van der Waals surface area contributed by atoms with Gasteiger partial charge in [0.1, 0.15) is 0 Å². The molecule has 0 saturated carbocycles. The van der Waals surface area contributed by atoms with Crippen LogP contribution in [0.4, 0.5) is 13.2 Å². The van der Waals surface area contributed by atoms with Crippen molar-refractivity contribution in [2.45, 2.75) is 12.7 Å². The first kappa shape index (κ1) is 20.7. The molecule has 1 aliphatic heterocycles. The zero-order valence-electron chi connectivity index (χ0n) is 13.8. The molecular weight excluding hydrogens is 343 g/mol. The van der Waals surface area contributed by atoms with Crippen LogP contribution in [0.2, 0.25) is 0 Å². The van der Waals surface area contributed by atoms with Crippen molar-refractivity contribution in [3.8, 4) is 0 Å². The molecule has 4 nitrogen and oxygen atoms in total. The summed E-state index contributed by atoms with van der Waals surface area (Å²) < 4.78 is 37.8. The maximum absolute atomic E-state index is 12.6. The van der Waals surface area contributed by atoms with E-state index in [0.29, 0.717) is 38.3 Å². The molecule has 0 radical (unpaired) electrons. The normalized spacial score (nSPS) is 14.9. The second kappa shape index (κ2) is 8.69. The van der Waals surface area contributed by atoms with Gasteiger partial charge in [-0.3, -0.25) is 4.79 Å². The Morgan fingerprint density at radius 2 is 1.75 bits per heavy atom. The second-order valence-electron chi connectivity index (χ2n) is 6.11. The Hall–Kier alpha value is -1.31. The quantitative estimate of drug-likeness (QED) is 0.839. The zero-order chi connectivity index (χ0) is 17.0. The lowest BCUT2D eigenvalue weighted by molar-refractivity contribution is -0.138. The first-order valence-corrected chi connectivity index (χ1v) is 7.57. The third-order valence-electron chi connectivity index (χ3n) is 3.91. The number of nitrogens with one attached hydrogen (secondary N) is 1. The Bertz CT molecular complexity index is 530. The van der Waals surface area contributed by atoms with Gasteiger partial charge in [-0.2, -0.15) is 13.2 Å². The molecule has 1 aromatic rings. The van der Waals surface area contributed by atoms with Crippen LogP contribution in [0.1, 0.15) is 11.1 Å². The monoisotopic (exact) mass is 365 g/mol. The highest BCUT2D eigenvalue weighted by atomic mass is 35.5. The van der Waals surface area contributed by atoms with E-state index < -0.39 is 11.7 Å². The predicted molar refractivity (Wildman–Crippen MR) is 89.0 cm³/mol. The molecule has 0 aromatic heterocycles. The first-order valence-electron chi connectivity index (χ1n) is 7.57. The molecule has 136 valence electrons. The van der Waals surface area contributed by atoms with Crippen LogP contribution < -0.4 is 5.32 Å². The van der Waals surface area contributed by atoms with Crippen molar-refractivity contribution in [3.63, 3.8) is 0 Å². The average molecular weight is 366 g/mol. The Morgan fingerprint density at radius 3 is 2.17 bits per heavy atom. The van der Waals surface area contributed by atoms with E-state index in [1.54, 1.807) is 4.90 Å². The van der Waals surface area contributed by atoms with Crippen molar-refractivity contribution >= 4 is 18.3 Å². The summed E-state index contributed by atoms with van der Waals surface area (Å²) >= 11 is 0. The number of alkyl halides is 3. The molecule has 1 N–H and O–H groups in total. The van der Waals surface area contributed by atoms with Gasteiger partial charge >= 0.3 is 6.18 Å². The number of hydrogen-bond acceptors (Lipinski definition) is 3. The second-order valence-corrected chi connectivity index (χ2v) is 6.11. The van der Waals surface area contributed by atoms with E-state index >= 15 is 0 Å². The molecule has 1 saturated heterocycles. The molecule has 0 bridgehead atoms. The lowest BCUT2D eigenvalue weighted by Gasteiger charge is -2.33. The highest BCUT2D eigenvalue weighted by molar-refractivity contribution is 5.85. The number of nitrogens with zero attached hydrogens (tertiary/aromatic N) is 2. The lowest BCUT2D eigenvalue weighted by atomic mass is 10.0. The van der Waals surface area contributed by atoms with Gasteiger partial charge in [0.05, 0.1) is 11.5 Å². The first-order chi connectivity index (χ1) is 10.8. The minimum atomic E-state index is -4.34. The van der Waals surface area contributed by atoms with Gasteiger partial charge in [-0.1, -0.05) is 12.1 Å². The molecule has 1 aromatic carbocycles. The van der Waals surface area contributed by atoms with Crippen LogP contribution in [-0.4, -0.2) is 56.0 Å². The fourth-order valence-electron chi connectivity index (χ4n) is 2.33. The van der Waals surface area contributed by atoms with Crippen molar-refractivity contribution in [1.29, 1.82) is 0 Å². The number of carbonyl (C=O) groups is 1. The number of amides is 1. The third kappa shape index (κ3) is 5.65. The minimum Gasteiger partial charge on any atom is -0.337 e. The third-order valence-corrected chi connectivity index (χ3v) is 3.91. The van der Waals surface area contributed by atoms with E-state index in [0.717, 1.165) is 12.1 Å². The highest BCUT2D eigenvalue weighted by Crippen LogP contribution is 2.29. The lowest BCUT2D eigenvalue weighted by Crippen LogP contribution is -2.52. The zero-order valence-corrected chi connectivity index (χ0v) is 14.6. The smallest absolute Gasteiger partial charge is 0.337 e. The van der Waals surface area contributed by atoms with E-state index in [1.165, 1.54) is 12.1 Å². The Kier molecular flexibility index (Phi) is 7.51. The summed E-state index contributed by atoms with van der Waals surface area (Å²) in [5.74, 6) is 0.0390. The van der Waals surface area contributed by atoms with Crippen LogP contribution in [0, 0.1) is 5.92 Å². The number of likely N-dealkylation sites (N-methyl/N-ethyl adjacent to an activating group) is 1. The fourth-order valence-corrected chi connectivity index (χ4v) is 2.33. The Morgan fingerprint density at radius 1 is 1.17 bits per heavy atom. The van der Waals surface area contributed by atoms with E-state index in [4.69, 9.17) is 0 Å². The summed E-state index contributed by atoms with van der Waals surface area (Å²) in [7, 11) is 3.84. The van der Waals surface area contributed by atoms with E-state index in [1.807, 2.05) is 19.0 Å². The summed E-state index contributed by atoms with van der Waals surface area (Å²) in [6.07, 6.45) is -4.34. The van der Waals surface area contributed by atoms with Crippen LogP contribution in [-0.2, 0) is 17.5 Å². The van der Waals surface area contributed by atoms with Crippen LogP contribution in [0.3, 0.4) is 0 Å². The summed E-state index contributed by atoms with van der Waals surface area (Å²) in [6.45, 7) is 2.95. The Balaban J connectivity index is 0.00000288. The molecule has 2 rings (SSSR count). The van der Waals surface area contributed by atoms with Crippen molar-refractivity contribution < 1.29 is 18.0 Å². The fraction of sp³-hybridized carbons (Fsp3) is 0.562. The van der Waals surface area contributed by atoms with Gasteiger partial charge in [0, 0.05) is 32.7 Å². The van der Waals surface area contributed by atoms with Crippen LogP contribution >= 0.6 is 12.4 Å². The van der Waals surface area contributed by atoms with Crippen LogP contribution in [0.15, 0.2) is 24.3 Å². The van der Waals surface area contributed by atoms with Crippen molar-refractivity contribution in [3.05, 3.63) is 35.4 Å². The summed E-state index contributed by atoms with van der Waals surface area (Å²) in [5, 5.41) is 3.07. The summed E-state index contributed by atoms with van der Waals surface area (Å²) in [5.41, 5.74) is 0.0352. The van der Waals surface area contributed by atoms with E-state index in [-0.39, 0.29) is 24.2 Å². The van der Waals surface area contributed by atoms with Gasteiger partial charge < -0.3 is 15.1 Å². The molecule has 0 aliphatic carbocycles. The predicted octanol–water partition coefficient (Wildman–Crippen LogP) is 2.24. The molecule has 0 spiro atoms. The van der Waals surface area contributed by atoms with E-state index in [9.17, 15) is 18.0 Å². The standard InChI is InChI=1S/C16H22F3N3O.ClH/c1-21(2)7-8-22(15(23)13-9-20-10-13)11-12-3-5-14(6-4-12)16(17,18)19;/h3-6,13,20H,7-11H2,1-2H3;1H. The molecule has 1 aliphatic rings. The highest BCUT2D eigenvalue weighted by Gasteiger charge is 2.31. The molecule has 1 amide bonds. The van der Waals surface area contributed by atoms with Gasteiger partial charge in [-0.15, -0.1) is 12.4 Å². The number of hydrogen-bond donors (Lipinski definition) is 1. The van der Waals surface area contributed by atoms with Gasteiger partial charge in [0.2, 0.25) is 5.91 Å². The number of halogens is 4. The molecular formula is C16H23ClF3N3O. The maximum atomic E-state index is 12.6. The number of carbonyl (C=O) groups excluding carboxylic acids is 1. The van der Waals surface area contributed by atoms with Crippen molar-refractivity contribution in [1.82, 2.24) is 15.1 Å². The summed E-state index contributed by atoms with van der Waals surface area (Å²) in [6, 6.07) is 5.01. The minimum absolute atomic E-state index is 0. The van der Waals surface area contributed by atoms with Crippen LogP contribution in [0.25, 0.3) is 0 Å². The maximum Gasteiger partial charge on any atom is 0.416 e. The molecule has 0 atom stereocenters. The van der Waals surface area contributed by atoms with Crippen molar-refractivity contribution in [2.24, 2.45) is 5.92 Å². The van der Waals surface area contributed by atoms with E-state index in [2.05, 4.69) is 5.32 Å². The largest absolute Gasteiger partial charge is 0.416 e. The molecule has 8 heteroatoms. The van der Waals surface area contributed by atoms with Gasteiger partial charge in [-0.05, 0) is 31.8 Å².